The molecule has 2 aromatic rings. The van der Waals surface area contributed by atoms with Crippen LogP contribution in [0, 0.1) is 0 Å². The minimum absolute atomic E-state index is 0. The van der Waals surface area contributed by atoms with Crippen LogP contribution in [0.2, 0.25) is 0 Å². The molecule has 63 valence electrons. The van der Waals surface area contributed by atoms with Gasteiger partial charge in [0.15, 0.2) is 0 Å². The van der Waals surface area contributed by atoms with E-state index in [1.54, 1.807) is 12.1 Å². The van der Waals surface area contributed by atoms with Crippen molar-refractivity contribution >= 4 is 30.7 Å². The van der Waals surface area contributed by atoms with E-state index < -0.39 is 0 Å². The van der Waals surface area contributed by atoms with Crippen molar-refractivity contribution < 1.29 is 5.11 Å². The number of rotatable bonds is 0. The van der Waals surface area contributed by atoms with E-state index in [4.69, 9.17) is 0 Å². The molecule has 0 aliphatic carbocycles. The Bertz CT molecular complexity index is 478. The molecule has 4 heteroatoms. The maximum absolute atomic E-state index is 10.9. The Morgan fingerprint density at radius 3 is 2.69 bits per heavy atom. The predicted octanol–water partition coefficient (Wildman–Crippen LogP) is 0.853. The molecule has 0 spiro atoms. The quantitative estimate of drug-likeness (QED) is 0.660. The third-order valence-electron chi connectivity index (χ3n) is 1.74. The second kappa shape index (κ2) is 3.72. The van der Waals surface area contributed by atoms with Crippen LogP contribution in [0.3, 0.4) is 0 Å². The number of para-hydroxylation sites is 1. The van der Waals surface area contributed by atoms with Gasteiger partial charge in [-0.2, -0.15) is 0 Å². The van der Waals surface area contributed by atoms with Gasteiger partial charge in [-0.3, -0.25) is 4.79 Å². The summed E-state index contributed by atoms with van der Waals surface area (Å²) in [6.45, 7) is 0. The third kappa shape index (κ3) is 1.79. The Balaban J connectivity index is 0.000000845. The van der Waals surface area contributed by atoms with Crippen molar-refractivity contribution in [2.75, 3.05) is 0 Å². The number of hydrogen-bond acceptors (Lipinski definition) is 2. The molecule has 13 heavy (non-hydrogen) atoms. The van der Waals surface area contributed by atoms with E-state index in [1.165, 1.54) is 12.1 Å². The number of aromatic nitrogens is 1. The van der Waals surface area contributed by atoms with Crippen LogP contribution in [0.15, 0.2) is 35.1 Å². The molecule has 0 saturated carbocycles. The van der Waals surface area contributed by atoms with Gasteiger partial charge in [0.1, 0.15) is 5.75 Å². The summed E-state index contributed by atoms with van der Waals surface area (Å²) in [6, 6.07) is 8.20. The first-order chi connectivity index (χ1) is 5.77. The Hall–Kier alpha value is -1.13. The molecule has 0 aliphatic rings. The van der Waals surface area contributed by atoms with Crippen LogP contribution >= 0.6 is 0 Å². The number of hydrogen-bond donors (Lipinski definition) is 2. The van der Waals surface area contributed by atoms with Crippen molar-refractivity contribution in [3.63, 3.8) is 0 Å². The molecular weight excluding hydrogens is 224 g/mol. The summed E-state index contributed by atoms with van der Waals surface area (Å²) in [4.78, 5) is 13.4. The Kier molecular flexibility index (Phi) is 2.85. The fourth-order valence-corrected chi connectivity index (χ4v) is 1.16. The number of aromatic hydroxyl groups is 1. The molecule has 1 aromatic carbocycles. The summed E-state index contributed by atoms with van der Waals surface area (Å²) in [5.74, 6) is 0.102. The topological polar surface area (TPSA) is 53.1 Å². The molecule has 0 atom stereocenters. The summed E-state index contributed by atoms with van der Waals surface area (Å²) >= 11 is 0. The van der Waals surface area contributed by atoms with Crippen LogP contribution in [-0.2, 0) is 0 Å². The standard InChI is InChI=1S/C9H7NO2.Ga/c11-7-3-1-2-6-4-5-8(12)10-9(6)7;/h1-5,11H,(H,10,12);. The summed E-state index contributed by atoms with van der Waals surface area (Å²) in [7, 11) is 0. The fourth-order valence-electron chi connectivity index (χ4n) is 1.16. The van der Waals surface area contributed by atoms with Crippen molar-refractivity contribution in [1.29, 1.82) is 0 Å². The molecule has 0 aliphatic heterocycles. The van der Waals surface area contributed by atoms with Crippen LogP contribution in [0.5, 0.6) is 5.75 Å². The second-order valence-electron chi connectivity index (χ2n) is 2.56. The van der Waals surface area contributed by atoms with Crippen LogP contribution in [0.1, 0.15) is 0 Å². The van der Waals surface area contributed by atoms with Crippen molar-refractivity contribution in [3.8, 4) is 5.75 Å². The van der Waals surface area contributed by atoms with Crippen molar-refractivity contribution in [2.45, 2.75) is 0 Å². The van der Waals surface area contributed by atoms with Crippen LogP contribution in [-0.4, -0.2) is 29.9 Å². The first kappa shape index (κ1) is 9.95. The third-order valence-corrected chi connectivity index (χ3v) is 1.74. The normalized spacial score (nSPS) is 9.54. The zero-order chi connectivity index (χ0) is 8.55. The molecule has 3 radical (unpaired) electrons. The molecule has 0 amide bonds. The number of fused-ring (bicyclic) bond motifs is 1. The van der Waals surface area contributed by atoms with Gasteiger partial charge in [0.05, 0.1) is 5.52 Å². The fraction of sp³-hybridized carbons (Fsp3) is 0. The molecule has 0 fully saturated rings. The van der Waals surface area contributed by atoms with Gasteiger partial charge in [0.2, 0.25) is 5.56 Å². The molecule has 1 aromatic heterocycles. The number of benzene rings is 1. The van der Waals surface area contributed by atoms with Gasteiger partial charge in [0, 0.05) is 31.2 Å². The van der Waals surface area contributed by atoms with Gasteiger partial charge in [-0.15, -0.1) is 0 Å². The van der Waals surface area contributed by atoms with Gasteiger partial charge in [-0.05, 0) is 12.1 Å². The van der Waals surface area contributed by atoms with Gasteiger partial charge in [-0.1, -0.05) is 12.1 Å². The van der Waals surface area contributed by atoms with E-state index >= 15 is 0 Å². The summed E-state index contributed by atoms with van der Waals surface area (Å²) in [6.07, 6.45) is 0. The molecular formula is C9H7GaNO2. The zero-order valence-electron chi connectivity index (χ0n) is 6.82. The molecule has 0 saturated heterocycles. The van der Waals surface area contributed by atoms with Crippen LogP contribution in [0.4, 0.5) is 0 Å². The monoisotopic (exact) mass is 230 g/mol. The SMILES string of the molecule is O=c1ccc2cccc(O)c2[nH]1.[Ga]. The van der Waals surface area contributed by atoms with Crippen LogP contribution in [0.25, 0.3) is 10.9 Å². The predicted molar refractivity (Wildman–Crippen MR) is 52.0 cm³/mol. The maximum atomic E-state index is 10.9. The summed E-state index contributed by atoms with van der Waals surface area (Å²) in [5, 5.41) is 10.2. The Morgan fingerprint density at radius 1 is 1.15 bits per heavy atom. The van der Waals surface area contributed by atoms with Crippen LogP contribution < -0.4 is 5.56 Å². The summed E-state index contributed by atoms with van der Waals surface area (Å²) < 4.78 is 0. The maximum Gasteiger partial charge on any atom is 0.248 e. The molecule has 0 bridgehead atoms. The number of H-pyrrole nitrogens is 1. The average molecular weight is 231 g/mol. The van der Waals surface area contributed by atoms with Gasteiger partial charge in [0.25, 0.3) is 0 Å². The Labute approximate surface area is 87.5 Å². The van der Waals surface area contributed by atoms with E-state index in [1.807, 2.05) is 6.07 Å². The number of pyridine rings is 1. The Morgan fingerprint density at radius 2 is 1.92 bits per heavy atom. The van der Waals surface area contributed by atoms with E-state index in [9.17, 15) is 9.90 Å². The van der Waals surface area contributed by atoms with E-state index in [-0.39, 0.29) is 31.1 Å². The largest absolute Gasteiger partial charge is 0.506 e. The van der Waals surface area contributed by atoms with E-state index in [0.717, 1.165) is 5.39 Å². The number of nitrogens with one attached hydrogen (secondary N) is 1. The van der Waals surface area contributed by atoms with Gasteiger partial charge in [-0.25, -0.2) is 0 Å². The van der Waals surface area contributed by atoms with Crippen molar-refractivity contribution in [3.05, 3.63) is 40.7 Å². The molecule has 0 unspecified atom stereocenters. The molecule has 3 nitrogen and oxygen atoms in total. The van der Waals surface area contributed by atoms with Crippen molar-refractivity contribution in [1.82, 2.24) is 4.98 Å². The minimum Gasteiger partial charge on any atom is -0.506 e. The second-order valence-corrected chi connectivity index (χ2v) is 2.56. The minimum atomic E-state index is -0.205. The molecule has 2 N–H and O–H groups in total. The number of phenolic OH excluding ortho intramolecular Hbond substituents is 1. The van der Waals surface area contributed by atoms with Crippen molar-refractivity contribution in [2.24, 2.45) is 0 Å². The van der Waals surface area contributed by atoms with Gasteiger partial charge < -0.3 is 10.1 Å². The average Bonchev–Trinajstić information content (AvgIpc) is 2.07. The van der Waals surface area contributed by atoms with Gasteiger partial charge >= 0.3 is 0 Å². The zero-order valence-corrected chi connectivity index (χ0v) is 9.24. The number of aromatic amines is 1. The number of phenols is 1. The first-order valence-electron chi connectivity index (χ1n) is 3.58. The van der Waals surface area contributed by atoms with E-state index in [2.05, 4.69) is 4.98 Å². The summed E-state index contributed by atoms with van der Waals surface area (Å²) in [5.41, 5.74) is 0.286. The first-order valence-corrected chi connectivity index (χ1v) is 3.58. The smallest absolute Gasteiger partial charge is 0.248 e. The van der Waals surface area contributed by atoms with E-state index in [0.29, 0.717) is 5.52 Å². The molecule has 2 rings (SSSR count). The molecule has 1 heterocycles.